The molecule has 1 heterocycles. The monoisotopic (exact) mass is 446 g/mol. The topological polar surface area (TPSA) is 96.3 Å². The number of nitrogens with one attached hydrogen (secondary N) is 2. The lowest BCUT2D eigenvalue weighted by molar-refractivity contribution is 0.491. The standard InChI is InChI=1S/C21H23ClN4O3S/c1-14-19(20(27)26(24-14)17-9-5-15(22)6-10-17)13-23-16-7-11-18(12-8-16)30(28,29)25-21(2,3)4/h5-13,24-25H,1-4H3. The fourth-order valence-corrected chi connectivity index (χ4v) is 4.34. The van der Waals surface area contributed by atoms with Crippen molar-refractivity contribution < 1.29 is 8.42 Å². The van der Waals surface area contributed by atoms with E-state index in [2.05, 4.69) is 14.8 Å². The van der Waals surface area contributed by atoms with E-state index in [0.717, 1.165) is 0 Å². The maximum Gasteiger partial charge on any atom is 0.280 e. The molecule has 0 radical (unpaired) electrons. The molecule has 1 aromatic heterocycles. The van der Waals surface area contributed by atoms with Crippen LogP contribution in [0.2, 0.25) is 5.02 Å². The molecule has 0 amide bonds. The van der Waals surface area contributed by atoms with Crippen molar-refractivity contribution in [1.29, 1.82) is 0 Å². The van der Waals surface area contributed by atoms with Gasteiger partial charge in [-0.25, -0.2) is 17.8 Å². The first kappa shape index (κ1) is 22.0. The van der Waals surface area contributed by atoms with Gasteiger partial charge in [-0.1, -0.05) is 11.6 Å². The van der Waals surface area contributed by atoms with Crippen LogP contribution in [0.5, 0.6) is 0 Å². The van der Waals surface area contributed by atoms with Gasteiger partial charge in [0, 0.05) is 22.5 Å². The molecule has 0 spiro atoms. The number of sulfonamides is 1. The average molecular weight is 447 g/mol. The fourth-order valence-electron chi connectivity index (χ4n) is 2.80. The Hall–Kier alpha value is -2.68. The van der Waals surface area contributed by atoms with Gasteiger partial charge in [0.05, 0.1) is 21.8 Å². The molecule has 0 unspecified atom stereocenters. The number of hydrogen-bond donors (Lipinski definition) is 2. The number of hydrogen-bond acceptors (Lipinski definition) is 4. The highest BCUT2D eigenvalue weighted by molar-refractivity contribution is 7.89. The van der Waals surface area contributed by atoms with Gasteiger partial charge in [-0.15, -0.1) is 0 Å². The van der Waals surface area contributed by atoms with Gasteiger partial charge in [0.15, 0.2) is 0 Å². The Labute approximate surface area is 180 Å². The summed E-state index contributed by atoms with van der Waals surface area (Å²) in [5.41, 5.74) is 1.44. The van der Waals surface area contributed by atoms with Crippen LogP contribution in [-0.2, 0) is 10.0 Å². The maximum atomic E-state index is 12.7. The molecule has 9 heteroatoms. The highest BCUT2D eigenvalue weighted by Gasteiger charge is 2.21. The molecule has 0 atom stereocenters. The van der Waals surface area contributed by atoms with Crippen molar-refractivity contribution in [3.8, 4) is 5.69 Å². The summed E-state index contributed by atoms with van der Waals surface area (Å²) in [6.45, 7) is 7.11. The highest BCUT2D eigenvalue weighted by Crippen LogP contribution is 2.18. The smallest absolute Gasteiger partial charge is 0.280 e. The molecule has 2 aromatic carbocycles. The van der Waals surface area contributed by atoms with Crippen molar-refractivity contribution in [2.24, 2.45) is 4.99 Å². The summed E-state index contributed by atoms with van der Waals surface area (Å²) in [5.74, 6) is 0. The van der Waals surface area contributed by atoms with Crippen LogP contribution < -0.4 is 10.3 Å². The minimum absolute atomic E-state index is 0.152. The molecular formula is C21H23ClN4O3S. The second kappa shape index (κ2) is 8.22. The van der Waals surface area contributed by atoms with E-state index >= 15 is 0 Å². The van der Waals surface area contributed by atoms with Gasteiger partial charge in [-0.3, -0.25) is 14.9 Å². The Morgan fingerprint density at radius 3 is 2.23 bits per heavy atom. The van der Waals surface area contributed by atoms with Gasteiger partial charge in [0.25, 0.3) is 5.56 Å². The van der Waals surface area contributed by atoms with Gasteiger partial charge in [-0.05, 0) is 76.2 Å². The number of aromatic amines is 1. The number of benzene rings is 2. The van der Waals surface area contributed by atoms with E-state index in [1.165, 1.54) is 23.0 Å². The van der Waals surface area contributed by atoms with Crippen LogP contribution in [0.4, 0.5) is 5.69 Å². The number of H-pyrrole nitrogens is 1. The highest BCUT2D eigenvalue weighted by atomic mass is 35.5. The first-order valence-corrected chi connectivity index (χ1v) is 11.1. The summed E-state index contributed by atoms with van der Waals surface area (Å²) >= 11 is 5.90. The molecule has 2 N–H and O–H groups in total. The quantitative estimate of drug-likeness (QED) is 0.580. The zero-order valence-electron chi connectivity index (χ0n) is 17.1. The Balaban J connectivity index is 1.85. The Morgan fingerprint density at radius 2 is 1.67 bits per heavy atom. The lowest BCUT2D eigenvalue weighted by Gasteiger charge is -2.20. The number of aliphatic imine (C=N–C) groups is 1. The fraction of sp³-hybridized carbons (Fsp3) is 0.238. The van der Waals surface area contributed by atoms with Crippen molar-refractivity contribution in [3.05, 3.63) is 75.2 Å². The molecule has 0 fully saturated rings. The zero-order valence-corrected chi connectivity index (χ0v) is 18.7. The zero-order chi connectivity index (χ0) is 22.1. The van der Waals surface area contributed by atoms with Crippen LogP contribution in [-0.4, -0.2) is 30.0 Å². The molecular weight excluding hydrogens is 424 g/mol. The molecule has 0 saturated heterocycles. The van der Waals surface area contributed by atoms with Gasteiger partial charge in [0.1, 0.15) is 0 Å². The van der Waals surface area contributed by atoms with Crippen LogP contribution in [0.15, 0.2) is 63.2 Å². The lowest BCUT2D eigenvalue weighted by atomic mass is 10.1. The van der Waals surface area contributed by atoms with E-state index in [1.54, 1.807) is 64.1 Å². The van der Waals surface area contributed by atoms with Gasteiger partial charge < -0.3 is 0 Å². The first-order chi connectivity index (χ1) is 14.0. The third-order valence-electron chi connectivity index (χ3n) is 4.13. The molecule has 7 nitrogen and oxygen atoms in total. The molecule has 0 aliphatic carbocycles. The van der Waals surface area contributed by atoms with E-state index in [1.807, 2.05) is 0 Å². The predicted molar refractivity (Wildman–Crippen MR) is 120 cm³/mol. The van der Waals surface area contributed by atoms with Crippen molar-refractivity contribution in [3.63, 3.8) is 0 Å². The van der Waals surface area contributed by atoms with E-state index in [9.17, 15) is 13.2 Å². The molecule has 158 valence electrons. The van der Waals surface area contributed by atoms with Crippen molar-refractivity contribution in [2.75, 3.05) is 0 Å². The summed E-state index contributed by atoms with van der Waals surface area (Å²) in [6.07, 6.45) is 1.47. The summed E-state index contributed by atoms with van der Waals surface area (Å²) in [7, 11) is -3.62. The predicted octanol–water partition coefficient (Wildman–Crippen LogP) is 3.95. The number of aryl methyl sites for hydroxylation is 1. The average Bonchev–Trinajstić information content (AvgIpc) is 2.93. The van der Waals surface area contributed by atoms with Crippen molar-refractivity contribution >= 4 is 33.5 Å². The van der Waals surface area contributed by atoms with Crippen LogP contribution in [0.25, 0.3) is 5.69 Å². The number of halogens is 1. The minimum Gasteiger partial charge on any atom is -0.295 e. The van der Waals surface area contributed by atoms with Crippen LogP contribution in [0, 0.1) is 6.92 Å². The third-order valence-corrected chi connectivity index (χ3v) is 6.16. The number of nitrogens with zero attached hydrogens (tertiary/aromatic N) is 2. The Bertz CT molecular complexity index is 1230. The van der Waals surface area contributed by atoms with Crippen LogP contribution in [0.3, 0.4) is 0 Å². The second-order valence-corrected chi connectivity index (χ2v) is 9.99. The molecule has 30 heavy (non-hydrogen) atoms. The number of aromatic nitrogens is 2. The third kappa shape index (κ3) is 5.08. The summed E-state index contributed by atoms with van der Waals surface area (Å²) in [6, 6.07) is 13.0. The number of rotatable bonds is 5. The van der Waals surface area contributed by atoms with Crippen LogP contribution in [0.1, 0.15) is 32.0 Å². The second-order valence-electron chi connectivity index (χ2n) is 7.88. The van der Waals surface area contributed by atoms with Gasteiger partial charge in [-0.2, -0.15) is 0 Å². The Morgan fingerprint density at radius 1 is 1.07 bits per heavy atom. The molecule has 0 aliphatic heterocycles. The summed E-state index contributed by atoms with van der Waals surface area (Å²) in [5, 5.41) is 3.60. The summed E-state index contributed by atoms with van der Waals surface area (Å²) in [4.78, 5) is 17.2. The molecule has 0 aliphatic rings. The van der Waals surface area contributed by atoms with E-state index < -0.39 is 15.6 Å². The van der Waals surface area contributed by atoms with Crippen molar-refractivity contribution in [1.82, 2.24) is 14.5 Å². The summed E-state index contributed by atoms with van der Waals surface area (Å²) < 4.78 is 28.8. The molecule has 3 rings (SSSR count). The van der Waals surface area contributed by atoms with E-state index in [-0.39, 0.29) is 10.5 Å². The van der Waals surface area contributed by atoms with Crippen LogP contribution >= 0.6 is 11.6 Å². The largest absolute Gasteiger partial charge is 0.295 e. The van der Waals surface area contributed by atoms with E-state index in [0.29, 0.717) is 27.7 Å². The minimum atomic E-state index is -3.62. The van der Waals surface area contributed by atoms with Gasteiger partial charge in [0.2, 0.25) is 10.0 Å². The lowest BCUT2D eigenvalue weighted by Crippen LogP contribution is -2.40. The van der Waals surface area contributed by atoms with E-state index in [4.69, 9.17) is 11.6 Å². The molecule has 0 bridgehead atoms. The normalized spacial score (nSPS) is 12.6. The SMILES string of the molecule is Cc1[nH]n(-c2ccc(Cl)cc2)c(=O)c1C=Nc1ccc(S(=O)(=O)NC(C)(C)C)cc1. The molecule has 0 saturated carbocycles. The first-order valence-electron chi connectivity index (χ1n) is 9.22. The Kier molecular flexibility index (Phi) is 6.03. The maximum absolute atomic E-state index is 12.7. The van der Waals surface area contributed by atoms with Crippen molar-refractivity contribution in [2.45, 2.75) is 38.1 Å². The van der Waals surface area contributed by atoms with Gasteiger partial charge >= 0.3 is 0 Å². The molecule has 3 aromatic rings.